The van der Waals surface area contributed by atoms with E-state index in [2.05, 4.69) is 4.98 Å². The van der Waals surface area contributed by atoms with Crippen LogP contribution >= 0.6 is 34.5 Å². The summed E-state index contributed by atoms with van der Waals surface area (Å²) in [4.78, 5) is 19.0. The van der Waals surface area contributed by atoms with Gasteiger partial charge < -0.3 is 10.0 Å². The molecule has 1 fully saturated rings. The molecule has 2 heterocycles. The van der Waals surface area contributed by atoms with Gasteiger partial charge in [-0.2, -0.15) is 0 Å². The fourth-order valence-electron chi connectivity index (χ4n) is 2.20. The first-order valence-electron chi connectivity index (χ1n) is 6.35. The molecule has 1 amide bonds. The minimum atomic E-state index is -0.416. The van der Waals surface area contributed by atoms with E-state index in [-0.39, 0.29) is 5.91 Å². The van der Waals surface area contributed by atoms with Gasteiger partial charge in [-0.15, -0.1) is 11.3 Å². The lowest BCUT2D eigenvalue weighted by Gasteiger charge is -2.35. The summed E-state index contributed by atoms with van der Waals surface area (Å²) in [6.45, 7) is 2.59. The maximum atomic E-state index is 12.2. The Morgan fingerprint density at radius 3 is 2.52 bits per heavy atom. The van der Waals surface area contributed by atoms with Crippen molar-refractivity contribution in [2.45, 2.75) is 13.0 Å². The molecule has 1 aliphatic heterocycles. The lowest BCUT2D eigenvalue weighted by Crippen LogP contribution is -2.53. The number of aryl methyl sites for hydroxylation is 1. The summed E-state index contributed by atoms with van der Waals surface area (Å²) in [6.07, 6.45) is -0.416. The summed E-state index contributed by atoms with van der Waals surface area (Å²) in [6, 6.07) is 5.27. The molecule has 3 rings (SSSR count). The summed E-state index contributed by atoms with van der Waals surface area (Å²) < 4.78 is 0. The summed E-state index contributed by atoms with van der Waals surface area (Å²) in [5, 5.41) is 10.8. The first kappa shape index (κ1) is 14.8. The number of nitrogens with zero attached hydrogens (tertiary/aromatic N) is 2. The van der Waals surface area contributed by atoms with E-state index < -0.39 is 6.10 Å². The van der Waals surface area contributed by atoms with Gasteiger partial charge in [-0.1, -0.05) is 23.2 Å². The molecule has 0 radical (unpaired) electrons. The van der Waals surface area contributed by atoms with Gasteiger partial charge in [0.05, 0.1) is 16.7 Å². The number of thiazole rings is 1. The molecule has 1 saturated heterocycles. The van der Waals surface area contributed by atoms with E-state index in [1.807, 2.05) is 6.92 Å². The van der Waals surface area contributed by atoms with Crippen molar-refractivity contribution < 1.29 is 9.90 Å². The van der Waals surface area contributed by atoms with Gasteiger partial charge in [0, 0.05) is 23.1 Å². The van der Waals surface area contributed by atoms with Crippen LogP contribution < -0.4 is 0 Å². The van der Waals surface area contributed by atoms with E-state index in [4.69, 9.17) is 23.2 Å². The molecule has 0 bridgehead atoms. The van der Waals surface area contributed by atoms with Crippen LogP contribution in [-0.4, -0.2) is 40.1 Å². The Morgan fingerprint density at radius 2 is 1.95 bits per heavy atom. The van der Waals surface area contributed by atoms with Crippen LogP contribution in [0, 0.1) is 6.92 Å². The molecular formula is C14H12Cl2N2O2S. The molecule has 0 saturated carbocycles. The molecule has 7 heteroatoms. The second-order valence-corrected chi connectivity index (χ2v) is 6.83. The number of amides is 1. The average Bonchev–Trinajstić information content (AvgIpc) is 2.75. The van der Waals surface area contributed by atoms with E-state index in [0.717, 1.165) is 16.1 Å². The zero-order valence-electron chi connectivity index (χ0n) is 11.1. The molecule has 1 aromatic heterocycles. The topological polar surface area (TPSA) is 53.4 Å². The number of aliphatic hydroxyl groups is 1. The van der Waals surface area contributed by atoms with Crippen LogP contribution in [0.25, 0.3) is 10.4 Å². The number of benzene rings is 1. The van der Waals surface area contributed by atoms with Gasteiger partial charge in [-0.25, -0.2) is 4.98 Å². The number of aliphatic hydroxyl groups excluding tert-OH is 1. The van der Waals surface area contributed by atoms with Gasteiger partial charge in [0.25, 0.3) is 5.91 Å². The fraction of sp³-hybridized carbons (Fsp3) is 0.286. The Balaban J connectivity index is 1.92. The highest BCUT2D eigenvalue weighted by molar-refractivity contribution is 7.17. The number of hydrogen-bond acceptors (Lipinski definition) is 4. The van der Waals surface area contributed by atoms with Gasteiger partial charge in [0.15, 0.2) is 5.01 Å². The summed E-state index contributed by atoms with van der Waals surface area (Å²) in [5.74, 6) is -0.146. The van der Waals surface area contributed by atoms with Crippen molar-refractivity contribution in [1.82, 2.24) is 9.88 Å². The number of aromatic nitrogens is 1. The van der Waals surface area contributed by atoms with Crippen molar-refractivity contribution in [2.75, 3.05) is 13.1 Å². The number of carbonyl (C=O) groups is 1. The molecule has 1 aliphatic rings. The normalized spacial score (nSPS) is 15.1. The molecule has 0 unspecified atom stereocenters. The quantitative estimate of drug-likeness (QED) is 0.911. The lowest BCUT2D eigenvalue weighted by molar-refractivity contribution is 0.00587. The second kappa shape index (κ2) is 5.57. The minimum absolute atomic E-state index is 0.146. The number of β-amino-alcohol motifs (C(OH)–C–C–N with tert-alkyl or cyclic N) is 1. The second-order valence-electron chi connectivity index (χ2n) is 4.96. The Bertz CT molecular complexity index is 691. The summed E-state index contributed by atoms with van der Waals surface area (Å²) in [7, 11) is 0. The van der Waals surface area contributed by atoms with E-state index in [9.17, 15) is 9.90 Å². The first-order valence-corrected chi connectivity index (χ1v) is 7.92. The van der Waals surface area contributed by atoms with Gasteiger partial charge >= 0.3 is 0 Å². The minimum Gasteiger partial charge on any atom is -0.389 e. The van der Waals surface area contributed by atoms with E-state index in [1.165, 1.54) is 11.3 Å². The van der Waals surface area contributed by atoms with E-state index in [1.54, 1.807) is 23.1 Å². The van der Waals surface area contributed by atoms with Gasteiger partial charge in [0.2, 0.25) is 0 Å². The van der Waals surface area contributed by atoms with Crippen molar-refractivity contribution >= 4 is 40.4 Å². The summed E-state index contributed by atoms with van der Waals surface area (Å²) in [5.41, 5.74) is 1.62. The first-order chi connectivity index (χ1) is 9.94. The molecule has 110 valence electrons. The Labute approximate surface area is 135 Å². The molecule has 21 heavy (non-hydrogen) atoms. The maximum absolute atomic E-state index is 12.2. The third-order valence-electron chi connectivity index (χ3n) is 3.25. The summed E-state index contributed by atoms with van der Waals surface area (Å²) >= 11 is 13.3. The molecule has 4 nitrogen and oxygen atoms in total. The largest absolute Gasteiger partial charge is 0.389 e. The van der Waals surface area contributed by atoms with Crippen molar-refractivity contribution in [3.8, 4) is 10.4 Å². The number of carbonyl (C=O) groups excluding carboxylic acids is 1. The third kappa shape index (κ3) is 2.92. The smallest absolute Gasteiger partial charge is 0.283 e. The lowest BCUT2D eigenvalue weighted by atomic mass is 10.1. The predicted molar refractivity (Wildman–Crippen MR) is 84.2 cm³/mol. The van der Waals surface area contributed by atoms with Crippen LogP contribution in [-0.2, 0) is 0 Å². The highest BCUT2D eigenvalue weighted by Gasteiger charge is 2.31. The molecule has 0 atom stereocenters. The molecule has 1 aromatic carbocycles. The third-order valence-corrected chi connectivity index (χ3v) is 4.88. The number of halogens is 2. The zero-order chi connectivity index (χ0) is 15.1. The molecular weight excluding hydrogens is 331 g/mol. The highest BCUT2D eigenvalue weighted by atomic mass is 35.5. The van der Waals surface area contributed by atoms with Gasteiger partial charge in [-0.3, -0.25) is 4.79 Å². The molecule has 2 aromatic rings. The number of likely N-dealkylation sites (tertiary alicyclic amines) is 1. The fourth-order valence-corrected chi connectivity index (χ4v) is 3.74. The zero-order valence-corrected chi connectivity index (χ0v) is 13.5. The number of rotatable bonds is 2. The monoisotopic (exact) mass is 342 g/mol. The van der Waals surface area contributed by atoms with Gasteiger partial charge in [-0.05, 0) is 30.7 Å². The number of hydrogen-bond donors (Lipinski definition) is 1. The van der Waals surface area contributed by atoms with Crippen LogP contribution in [0.15, 0.2) is 18.2 Å². The Morgan fingerprint density at radius 1 is 1.33 bits per heavy atom. The standard InChI is InChI=1S/C14H12Cl2N2O2S/c1-7-12(8-2-9(15)4-10(16)3-8)21-13(17-7)14(20)18-5-11(19)6-18/h2-4,11,19H,5-6H2,1H3. The van der Waals surface area contributed by atoms with Crippen LogP contribution in [0.4, 0.5) is 0 Å². The van der Waals surface area contributed by atoms with Crippen molar-refractivity contribution in [3.05, 3.63) is 38.9 Å². The van der Waals surface area contributed by atoms with E-state index in [0.29, 0.717) is 28.1 Å². The van der Waals surface area contributed by atoms with Crippen LogP contribution in [0.2, 0.25) is 10.0 Å². The highest BCUT2D eigenvalue weighted by Crippen LogP contribution is 2.34. The van der Waals surface area contributed by atoms with Crippen LogP contribution in [0.5, 0.6) is 0 Å². The Kier molecular flexibility index (Phi) is 3.92. The van der Waals surface area contributed by atoms with Gasteiger partial charge in [0.1, 0.15) is 0 Å². The van der Waals surface area contributed by atoms with E-state index >= 15 is 0 Å². The van der Waals surface area contributed by atoms with Crippen molar-refractivity contribution in [1.29, 1.82) is 0 Å². The van der Waals surface area contributed by atoms with Crippen molar-refractivity contribution in [3.63, 3.8) is 0 Å². The molecule has 0 aliphatic carbocycles. The average molecular weight is 343 g/mol. The molecule has 0 spiro atoms. The van der Waals surface area contributed by atoms with Crippen molar-refractivity contribution in [2.24, 2.45) is 0 Å². The Hall–Kier alpha value is -1.14. The van der Waals surface area contributed by atoms with Crippen LogP contribution in [0.3, 0.4) is 0 Å². The predicted octanol–water partition coefficient (Wildman–Crippen LogP) is 3.24. The maximum Gasteiger partial charge on any atom is 0.283 e. The SMILES string of the molecule is Cc1nc(C(=O)N2CC(O)C2)sc1-c1cc(Cl)cc(Cl)c1. The molecule has 1 N–H and O–H groups in total. The van der Waals surface area contributed by atoms with Crippen LogP contribution in [0.1, 0.15) is 15.5 Å².